The van der Waals surface area contributed by atoms with E-state index in [2.05, 4.69) is 43.8 Å². The Labute approximate surface area is 137 Å². The highest BCUT2D eigenvalue weighted by Crippen LogP contribution is 2.27. The summed E-state index contributed by atoms with van der Waals surface area (Å²) >= 11 is 5.32. The van der Waals surface area contributed by atoms with Crippen LogP contribution in [0.3, 0.4) is 0 Å². The molecule has 2 aromatic carbocycles. The normalized spacial score (nSPS) is 10.1. The number of carboxylic acid groups (broad SMARTS) is 1. The van der Waals surface area contributed by atoms with Gasteiger partial charge in [-0.15, -0.1) is 0 Å². The Morgan fingerprint density at radius 3 is 2.35 bits per heavy atom. The molecule has 2 aromatic rings. The lowest BCUT2D eigenvalue weighted by Crippen LogP contribution is -2.16. The van der Waals surface area contributed by atoms with Crippen molar-refractivity contribution in [2.24, 2.45) is 0 Å². The van der Waals surface area contributed by atoms with Gasteiger partial charge in [-0.05, 0) is 62.8 Å². The SMILES string of the molecule is O=C(Nc1c(Br)cccc1C(=O)O)c1ccccc1I. The number of para-hydroxylation sites is 1. The van der Waals surface area contributed by atoms with Gasteiger partial charge in [0.05, 0.1) is 16.8 Å². The minimum Gasteiger partial charge on any atom is -0.478 e. The van der Waals surface area contributed by atoms with E-state index in [4.69, 9.17) is 5.11 Å². The smallest absolute Gasteiger partial charge is 0.337 e. The summed E-state index contributed by atoms with van der Waals surface area (Å²) < 4.78 is 1.32. The maximum atomic E-state index is 12.2. The van der Waals surface area contributed by atoms with Crippen molar-refractivity contribution in [3.05, 3.63) is 61.6 Å². The molecule has 2 rings (SSSR count). The van der Waals surface area contributed by atoms with Crippen LogP contribution in [0.4, 0.5) is 5.69 Å². The number of nitrogens with one attached hydrogen (secondary N) is 1. The monoisotopic (exact) mass is 445 g/mol. The molecule has 0 radical (unpaired) electrons. The van der Waals surface area contributed by atoms with Crippen molar-refractivity contribution in [1.82, 2.24) is 0 Å². The van der Waals surface area contributed by atoms with Gasteiger partial charge < -0.3 is 10.4 Å². The zero-order chi connectivity index (χ0) is 14.7. The number of hydrogen-bond acceptors (Lipinski definition) is 2. The Balaban J connectivity index is 2.38. The van der Waals surface area contributed by atoms with Gasteiger partial charge in [0.1, 0.15) is 0 Å². The molecule has 0 bridgehead atoms. The molecule has 102 valence electrons. The van der Waals surface area contributed by atoms with Crippen LogP contribution in [-0.2, 0) is 0 Å². The van der Waals surface area contributed by atoms with Gasteiger partial charge in [-0.3, -0.25) is 4.79 Å². The van der Waals surface area contributed by atoms with Crippen LogP contribution in [0.5, 0.6) is 0 Å². The van der Waals surface area contributed by atoms with Crippen LogP contribution < -0.4 is 5.32 Å². The van der Waals surface area contributed by atoms with Crippen molar-refractivity contribution in [2.45, 2.75) is 0 Å². The molecule has 0 saturated carbocycles. The fourth-order valence-electron chi connectivity index (χ4n) is 1.66. The van der Waals surface area contributed by atoms with Crippen LogP contribution in [-0.4, -0.2) is 17.0 Å². The van der Waals surface area contributed by atoms with Crippen molar-refractivity contribution in [3.8, 4) is 0 Å². The molecule has 1 amide bonds. The van der Waals surface area contributed by atoms with E-state index in [1.807, 2.05) is 12.1 Å². The van der Waals surface area contributed by atoms with Gasteiger partial charge >= 0.3 is 5.97 Å². The quantitative estimate of drug-likeness (QED) is 0.701. The van der Waals surface area contributed by atoms with Gasteiger partial charge in [-0.2, -0.15) is 0 Å². The number of carbonyl (C=O) groups is 2. The number of benzene rings is 2. The van der Waals surface area contributed by atoms with Gasteiger partial charge in [0.15, 0.2) is 0 Å². The standard InChI is InChI=1S/C14H9BrINO3/c15-10-6-3-5-9(14(19)20)12(10)17-13(18)8-4-1-2-7-11(8)16/h1-7H,(H,17,18)(H,19,20). The van der Waals surface area contributed by atoms with E-state index in [9.17, 15) is 9.59 Å². The van der Waals surface area contributed by atoms with Crippen LogP contribution in [0.2, 0.25) is 0 Å². The number of carboxylic acids is 1. The van der Waals surface area contributed by atoms with Crippen molar-refractivity contribution in [3.63, 3.8) is 0 Å². The molecule has 4 nitrogen and oxygen atoms in total. The average Bonchev–Trinajstić information content (AvgIpc) is 2.41. The summed E-state index contributed by atoms with van der Waals surface area (Å²) in [7, 11) is 0. The third kappa shape index (κ3) is 3.18. The molecular weight excluding hydrogens is 437 g/mol. The minimum atomic E-state index is -1.09. The molecule has 0 spiro atoms. The topological polar surface area (TPSA) is 66.4 Å². The molecule has 2 N–H and O–H groups in total. The lowest BCUT2D eigenvalue weighted by atomic mass is 10.1. The number of carbonyl (C=O) groups excluding carboxylic acids is 1. The fraction of sp³-hybridized carbons (Fsp3) is 0. The summed E-state index contributed by atoms with van der Waals surface area (Å²) in [5, 5.41) is 11.8. The molecule has 0 aliphatic rings. The number of hydrogen-bond donors (Lipinski definition) is 2. The van der Waals surface area contributed by atoms with Crippen LogP contribution in [0, 0.1) is 3.57 Å². The van der Waals surface area contributed by atoms with Gasteiger partial charge in [-0.1, -0.05) is 18.2 Å². The van der Waals surface area contributed by atoms with Crippen molar-refractivity contribution < 1.29 is 14.7 Å². The van der Waals surface area contributed by atoms with Gasteiger partial charge in [0, 0.05) is 8.04 Å². The van der Waals surface area contributed by atoms with E-state index in [1.165, 1.54) is 6.07 Å². The van der Waals surface area contributed by atoms with E-state index in [-0.39, 0.29) is 17.2 Å². The third-order valence-electron chi connectivity index (χ3n) is 2.60. The Kier molecular flexibility index (Phi) is 4.77. The number of anilines is 1. The third-order valence-corrected chi connectivity index (χ3v) is 4.20. The largest absolute Gasteiger partial charge is 0.478 e. The molecule has 0 heterocycles. The summed E-state index contributed by atoms with van der Waals surface area (Å²) in [6.45, 7) is 0. The molecule has 20 heavy (non-hydrogen) atoms. The molecule has 0 aliphatic heterocycles. The maximum absolute atomic E-state index is 12.2. The predicted molar refractivity (Wildman–Crippen MR) is 88.2 cm³/mol. The van der Waals surface area contributed by atoms with Crippen molar-refractivity contribution >= 4 is 56.1 Å². The zero-order valence-corrected chi connectivity index (χ0v) is 13.8. The zero-order valence-electron chi connectivity index (χ0n) is 10.1. The van der Waals surface area contributed by atoms with E-state index in [1.54, 1.807) is 24.3 Å². The Morgan fingerprint density at radius 2 is 1.70 bits per heavy atom. The second kappa shape index (κ2) is 6.36. The second-order valence-electron chi connectivity index (χ2n) is 3.90. The van der Waals surface area contributed by atoms with E-state index >= 15 is 0 Å². The first kappa shape index (κ1) is 15.0. The maximum Gasteiger partial charge on any atom is 0.337 e. The Hall–Kier alpha value is -1.41. The highest BCUT2D eigenvalue weighted by Gasteiger charge is 2.17. The lowest BCUT2D eigenvalue weighted by molar-refractivity contribution is 0.0698. The molecule has 0 unspecified atom stereocenters. The van der Waals surface area contributed by atoms with Crippen LogP contribution in [0.25, 0.3) is 0 Å². The first-order valence-corrected chi connectivity index (χ1v) is 7.45. The molecule has 6 heteroatoms. The predicted octanol–water partition coefficient (Wildman–Crippen LogP) is 4.00. The minimum absolute atomic E-state index is 0.0404. The summed E-state index contributed by atoms with van der Waals surface area (Å²) in [5.41, 5.74) is 0.795. The van der Waals surface area contributed by atoms with E-state index < -0.39 is 5.97 Å². The van der Waals surface area contributed by atoms with Gasteiger partial charge in [0.2, 0.25) is 0 Å². The van der Waals surface area contributed by atoms with Crippen LogP contribution >= 0.6 is 38.5 Å². The Morgan fingerprint density at radius 1 is 1.05 bits per heavy atom. The summed E-state index contributed by atoms with van der Waals surface area (Å²) in [6.07, 6.45) is 0. The first-order valence-electron chi connectivity index (χ1n) is 5.58. The fourth-order valence-corrected chi connectivity index (χ4v) is 2.75. The number of rotatable bonds is 3. The molecule has 0 aromatic heterocycles. The number of amides is 1. The van der Waals surface area contributed by atoms with E-state index in [0.717, 1.165) is 3.57 Å². The van der Waals surface area contributed by atoms with Gasteiger partial charge in [-0.25, -0.2) is 4.79 Å². The van der Waals surface area contributed by atoms with Crippen molar-refractivity contribution in [2.75, 3.05) is 5.32 Å². The van der Waals surface area contributed by atoms with E-state index in [0.29, 0.717) is 10.0 Å². The molecular formula is C14H9BrINO3. The molecule has 0 aliphatic carbocycles. The first-order chi connectivity index (χ1) is 9.50. The summed E-state index contributed by atoms with van der Waals surface area (Å²) in [6, 6.07) is 11.8. The second-order valence-corrected chi connectivity index (χ2v) is 5.92. The molecule has 0 atom stereocenters. The van der Waals surface area contributed by atoms with Crippen LogP contribution in [0.15, 0.2) is 46.9 Å². The lowest BCUT2D eigenvalue weighted by Gasteiger charge is -2.11. The average molecular weight is 446 g/mol. The highest BCUT2D eigenvalue weighted by molar-refractivity contribution is 14.1. The number of halogens is 2. The van der Waals surface area contributed by atoms with Crippen molar-refractivity contribution in [1.29, 1.82) is 0 Å². The summed E-state index contributed by atoms with van der Waals surface area (Å²) in [5.74, 6) is -1.44. The summed E-state index contributed by atoms with van der Waals surface area (Å²) in [4.78, 5) is 23.4. The molecule has 0 fully saturated rings. The van der Waals surface area contributed by atoms with Gasteiger partial charge in [0.25, 0.3) is 5.91 Å². The van der Waals surface area contributed by atoms with Crippen LogP contribution in [0.1, 0.15) is 20.7 Å². The molecule has 0 saturated heterocycles. The Bertz CT molecular complexity index is 688. The number of aromatic carboxylic acids is 1. The highest BCUT2D eigenvalue weighted by atomic mass is 127.